The Hall–Kier alpha value is -3.36. The van der Waals surface area contributed by atoms with E-state index >= 15 is 0 Å². The molecule has 0 amide bonds. The van der Waals surface area contributed by atoms with Gasteiger partial charge in [0.25, 0.3) is 0 Å². The van der Waals surface area contributed by atoms with Gasteiger partial charge in [-0.2, -0.15) is 5.10 Å². The fourth-order valence-electron chi connectivity index (χ4n) is 3.02. The molecular weight excluding hydrogens is 403 g/mol. The van der Waals surface area contributed by atoms with Gasteiger partial charge in [-0.1, -0.05) is 23.2 Å². The molecule has 3 aromatic heterocycles. The summed E-state index contributed by atoms with van der Waals surface area (Å²) in [7, 11) is 0. The van der Waals surface area contributed by atoms with Crippen molar-refractivity contribution in [2.75, 3.05) is 0 Å². The summed E-state index contributed by atoms with van der Waals surface area (Å²) < 4.78 is 3.28. The maximum Gasteiger partial charge on any atom is 0.175 e. The Balaban J connectivity index is 1.71. The second-order valence-corrected chi connectivity index (χ2v) is 6.87. The van der Waals surface area contributed by atoms with E-state index in [4.69, 9.17) is 23.2 Å². The highest BCUT2D eigenvalue weighted by atomic mass is 35.5. The van der Waals surface area contributed by atoms with Crippen LogP contribution in [0.1, 0.15) is 0 Å². The quantitative estimate of drug-likeness (QED) is 0.456. The van der Waals surface area contributed by atoms with Crippen molar-refractivity contribution in [2.24, 2.45) is 0 Å². The number of phenolic OH excluding ortho intramolecular Hbond substituents is 2. The second-order valence-electron chi connectivity index (χ2n) is 6.06. The van der Waals surface area contributed by atoms with Crippen molar-refractivity contribution in [3.05, 3.63) is 59.0 Å². The third kappa shape index (κ3) is 2.46. The number of phenols is 2. The first-order valence-corrected chi connectivity index (χ1v) is 8.84. The third-order valence-electron chi connectivity index (χ3n) is 4.35. The molecule has 5 rings (SSSR count). The molecule has 0 unspecified atom stereocenters. The number of hydrogen-bond donors (Lipinski definition) is 2. The molecule has 8 nitrogen and oxygen atoms in total. The molecule has 0 fully saturated rings. The molecule has 0 saturated carbocycles. The van der Waals surface area contributed by atoms with Crippen LogP contribution in [-0.4, -0.2) is 39.6 Å². The number of nitrogens with zero attached hydrogens (tertiary/aromatic N) is 6. The summed E-state index contributed by atoms with van der Waals surface area (Å²) in [4.78, 5) is 4.48. The molecule has 10 heteroatoms. The standard InChI is InChI=1S/C18H10Cl2N6O2/c19-13-4-1-9(5-14(13)20)26-16-12(7-22-26)18-24-23-17(25(18)8-21-16)11-3-2-10(27)6-15(11)28/h1-8,27-28H. The molecule has 0 spiro atoms. The van der Waals surface area contributed by atoms with E-state index in [0.29, 0.717) is 43.8 Å². The molecule has 3 heterocycles. The van der Waals surface area contributed by atoms with Crippen LogP contribution in [0.2, 0.25) is 10.0 Å². The number of rotatable bonds is 2. The average molecular weight is 413 g/mol. The summed E-state index contributed by atoms with van der Waals surface area (Å²) in [5, 5.41) is 33.9. The van der Waals surface area contributed by atoms with Gasteiger partial charge < -0.3 is 10.2 Å². The normalized spacial score (nSPS) is 11.5. The van der Waals surface area contributed by atoms with Crippen molar-refractivity contribution >= 4 is 39.9 Å². The van der Waals surface area contributed by atoms with Crippen molar-refractivity contribution in [3.63, 3.8) is 0 Å². The van der Waals surface area contributed by atoms with Gasteiger partial charge in [-0.25, -0.2) is 9.67 Å². The molecule has 138 valence electrons. The molecule has 2 aromatic carbocycles. The van der Waals surface area contributed by atoms with Crippen molar-refractivity contribution in [2.45, 2.75) is 0 Å². The van der Waals surface area contributed by atoms with Gasteiger partial charge in [0, 0.05) is 6.07 Å². The van der Waals surface area contributed by atoms with Crippen LogP contribution >= 0.6 is 23.2 Å². The summed E-state index contributed by atoms with van der Waals surface area (Å²) in [6.45, 7) is 0. The number of hydrogen-bond acceptors (Lipinski definition) is 6. The molecule has 0 bridgehead atoms. The fourth-order valence-corrected chi connectivity index (χ4v) is 3.31. The summed E-state index contributed by atoms with van der Waals surface area (Å²) >= 11 is 12.1. The lowest BCUT2D eigenvalue weighted by Crippen LogP contribution is -1.99. The minimum Gasteiger partial charge on any atom is -0.508 e. The highest BCUT2D eigenvalue weighted by Gasteiger charge is 2.17. The van der Waals surface area contributed by atoms with Crippen LogP contribution in [0.3, 0.4) is 0 Å². The van der Waals surface area contributed by atoms with Gasteiger partial charge >= 0.3 is 0 Å². The van der Waals surface area contributed by atoms with Gasteiger partial charge in [-0.05, 0) is 30.3 Å². The predicted molar refractivity (Wildman–Crippen MR) is 104 cm³/mol. The zero-order chi connectivity index (χ0) is 19.4. The topological polar surface area (TPSA) is 101 Å². The van der Waals surface area contributed by atoms with E-state index in [0.717, 1.165) is 0 Å². The van der Waals surface area contributed by atoms with Crippen LogP contribution in [0, 0.1) is 0 Å². The van der Waals surface area contributed by atoms with Gasteiger partial charge in [-0.15, -0.1) is 10.2 Å². The summed E-state index contributed by atoms with van der Waals surface area (Å²) in [5.41, 5.74) is 2.22. The highest BCUT2D eigenvalue weighted by molar-refractivity contribution is 6.42. The molecule has 0 aliphatic rings. The van der Waals surface area contributed by atoms with E-state index in [1.165, 1.54) is 12.1 Å². The molecule has 2 N–H and O–H groups in total. The van der Waals surface area contributed by atoms with E-state index in [2.05, 4.69) is 20.3 Å². The van der Waals surface area contributed by atoms with Gasteiger partial charge in [-0.3, -0.25) is 4.40 Å². The van der Waals surface area contributed by atoms with Crippen LogP contribution in [0.25, 0.3) is 33.8 Å². The Morgan fingerprint density at radius 2 is 1.75 bits per heavy atom. The zero-order valence-corrected chi connectivity index (χ0v) is 15.5. The minimum atomic E-state index is -0.110. The average Bonchev–Trinajstić information content (AvgIpc) is 3.28. The van der Waals surface area contributed by atoms with Crippen LogP contribution < -0.4 is 0 Å². The zero-order valence-electron chi connectivity index (χ0n) is 14.0. The van der Waals surface area contributed by atoms with Gasteiger partial charge in [0.1, 0.15) is 17.8 Å². The van der Waals surface area contributed by atoms with E-state index in [1.54, 1.807) is 45.9 Å². The maximum atomic E-state index is 10.1. The first-order chi connectivity index (χ1) is 13.5. The Morgan fingerprint density at radius 3 is 2.54 bits per heavy atom. The van der Waals surface area contributed by atoms with Crippen molar-refractivity contribution < 1.29 is 10.2 Å². The van der Waals surface area contributed by atoms with Gasteiger partial charge in [0.15, 0.2) is 17.1 Å². The minimum absolute atomic E-state index is 0.0431. The molecule has 0 saturated heterocycles. The molecular formula is C18H10Cl2N6O2. The number of fused-ring (bicyclic) bond motifs is 3. The number of aromatic nitrogens is 6. The molecule has 0 aliphatic carbocycles. The second kappa shape index (κ2) is 6.08. The van der Waals surface area contributed by atoms with Crippen LogP contribution in [-0.2, 0) is 0 Å². The molecule has 5 aromatic rings. The van der Waals surface area contributed by atoms with E-state index in [9.17, 15) is 10.2 Å². The summed E-state index contributed by atoms with van der Waals surface area (Å²) in [6.07, 6.45) is 3.18. The summed E-state index contributed by atoms with van der Waals surface area (Å²) in [6, 6.07) is 9.44. The first kappa shape index (κ1) is 16.8. The lowest BCUT2D eigenvalue weighted by molar-refractivity contribution is 0.451. The molecule has 0 aliphatic heterocycles. The number of aromatic hydroxyl groups is 2. The fraction of sp³-hybridized carbons (Fsp3) is 0. The van der Waals surface area contributed by atoms with E-state index < -0.39 is 0 Å². The third-order valence-corrected chi connectivity index (χ3v) is 5.09. The lowest BCUT2D eigenvalue weighted by atomic mass is 10.2. The first-order valence-electron chi connectivity index (χ1n) is 8.08. The number of halogens is 2. The highest BCUT2D eigenvalue weighted by Crippen LogP contribution is 2.32. The van der Waals surface area contributed by atoms with Crippen molar-refractivity contribution in [1.29, 1.82) is 0 Å². The van der Waals surface area contributed by atoms with Gasteiger partial charge in [0.05, 0.1) is 32.9 Å². The van der Waals surface area contributed by atoms with Gasteiger partial charge in [0.2, 0.25) is 0 Å². The van der Waals surface area contributed by atoms with Crippen LogP contribution in [0.4, 0.5) is 0 Å². The SMILES string of the molecule is Oc1ccc(-c2nnc3c4cnn(-c5ccc(Cl)c(Cl)c5)c4ncn23)c(O)c1. The van der Waals surface area contributed by atoms with Crippen LogP contribution in [0.5, 0.6) is 11.5 Å². The van der Waals surface area contributed by atoms with E-state index in [-0.39, 0.29) is 11.5 Å². The lowest BCUT2D eigenvalue weighted by Gasteiger charge is -2.05. The number of benzene rings is 2. The maximum absolute atomic E-state index is 10.1. The van der Waals surface area contributed by atoms with Crippen molar-refractivity contribution in [3.8, 4) is 28.6 Å². The molecule has 28 heavy (non-hydrogen) atoms. The Bertz CT molecular complexity index is 1380. The smallest absolute Gasteiger partial charge is 0.175 e. The molecule has 0 radical (unpaired) electrons. The Morgan fingerprint density at radius 1 is 0.893 bits per heavy atom. The van der Waals surface area contributed by atoms with E-state index in [1.807, 2.05) is 0 Å². The largest absolute Gasteiger partial charge is 0.508 e. The summed E-state index contributed by atoms with van der Waals surface area (Å²) in [5.74, 6) is 0.239. The Kier molecular flexibility index (Phi) is 3.65. The van der Waals surface area contributed by atoms with Crippen molar-refractivity contribution in [1.82, 2.24) is 29.4 Å². The van der Waals surface area contributed by atoms with Crippen LogP contribution in [0.15, 0.2) is 48.9 Å². The monoisotopic (exact) mass is 412 g/mol. The molecule has 0 atom stereocenters. The Labute approximate surface area is 167 Å². The predicted octanol–water partition coefficient (Wildman–Crippen LogP) is 3.85.